The van der Waals surface area contributed by atoms with Crippen LogP contribution < -0.4 is 5.32 Å². The Balaban J connectivity index is 2.16. The molecular weight excluding hydrogens is 277 g/mol. The first kappa shape index (κ1) is 15.0. The molecule has 1 aromatic carbocycles. The molecule has 0 atom stereocenters. The second-order valence-electron chi connectivity index (χ2n) is 5.16. The van der Waals surface area contributed by atoms with Crippen LogP contribution in [-0.4, -0.2) is 15.8 Å². The summed E-state index contributed by atoms with van der Waals surface area (Å²) in [6.07, 6.45) is 1.83. The normalized spacial score (nSPS) is 11.3. The summed E-state index contributed by atoms with van der Waals surface area (Å²) >= 11 is 5.79. The van der Waals surface area contributed by atoms with Crippen molar-refractivity contribution in [2.24, 2.45) is 0 Å². The summed E-state index contributed by atoms with van der Waals surface area (Å²) in [5, 5.41) is 7.83. The maximum absolute atomic E-state index is 13.9. The fourth-order valence-corrected chi connectivity index (χ4v) is 2.16. The Morgan fingerprint density at radius 2 is 2.10 bits per heavy atom. The monoisotopic (exact) mass is 295 g/mol. The van der Waals surface area contributed by atoms with E-state index in [1.165, 1.54) is 0 Å². The lowest BCUT2D eigenvalue weighted by atomic mass is 10.2. The van der Waals surface area contributed by atoms with Gasteiger partial charge in [0.25, 0.3) is 0 Å². The van der Waals surface area contributed by atoms with Crippen LogP contribution >= 0.6 is 11.6 Å². The molecule has 0 aliphatic rings. The van der Waals surface area contributed by atoms with Gasteiger partial charge >= 0.3 is 0 Å². The highest BCUT2D eigenvalue weighted by molar-refractivity contribution is 6.30. The molecule has 5 heteroatoms. The summed E-state index contributed by atoms with van der Waals surface area (Å²) in [5.41, 5.74) is 2.71. The number of aromatic nitrogens is 2. The summed E-state index contributed by atoms with van der Waals surface area (Å²) in [6.45, 7) is 7.34. The van der Waals surface area contributed by atoms with E-state index in [9.17, 15) is 4.39 Å². The van der Waals surface area contributed by atoms with Gasteiger partial charge in [0.1, 0.15) is 5.82 Å². The molecule has 2 rings (SSSR count). The van der Waals surface area contributed by atoms with Crippen molar-refractivity contribution in [3.63, 3.8) is 0 Å². The predicted molar refractivity (Wildman–Crippen MR) is 79.5 cm³/mol. The van der Waals surface area contributed by atoms with Gasteiger partial charge in [0.05, 0.1) is 17.8 Å². The highest BCUT2D eigenvalue weighted by Crippen LogP contribution is 2.19. The summed E-state index contributed by atoms with van der Waals surface area (Å²) in [6, 6.07) is 5.45. The van der Waals surface area contributed by atoms with Gasteiger partial charge in [0.15, 0.2) is 0 Å². The molecule has 0 bridgehead atoms. The fourth-order valence-electron chi connectivity index (χ4n) is 1.96. The Labute approximate surface area is 123 Å². The lowest BCUT2D eigenvalue weighted by Gasteiger charge is -2.09. The van der Waals surface area contributed by atoms with E-state index in [4.69, 9.17) is 11.6 Å². The fraction of sp³-hybridized carbons (Fsp3) is 0.400. The highest BCUT2D eigenvalue weighted by Gasteiger charge is 2.11. The quantitative estimate of drug-likeness (QED) is 0.914. The number of hydrogen-bond donors (Lipinski definition) is 1. The van der Waals surface area contributed by atoms with Crippen LogP contribution in [-0.2, 0) is 13.1 Å². The molecule has 108 valence electrons. The number of rotatable bonds is 5. The number of hydrogen-bond acceptors (Lipinski definition) is 2. The molecule has 0 radical (unpaired) electrons. The van der Waals surface area contributed by atoms with Gasteiger partial charge in [-0.05, 0) is 13.0 Å². The van der Waals surface area contributed by atoms with E-state index in [0.29, 0.717) is 18.2 Å². The molecule has 20 heavy (non-hydrogen) atoms. The van der Waals surface area contributed by atoms with Crippen LogP contribution in [0.25, 0.3) is 0 Å². The second kappa shape index (κ2) is 6.37. The lowest BCUT2D eigenvalue weighted by molar-refractivity contribution is 0.575. The van der Waals surface area contributed by atoms with Gasteiger partial charge in [0, 0.05) is 29.4 Å². The molecular formula is C15H19ClFN3. The molecule has 0 aliphatic carbocycles. The zero-order valence-corrected chi connectivity index (χ0v) is 12.7. The Kier molecular flexibility index (Phi) is 4.78. The third kappa shape index (κ3) is 3.38. The third-order valence-corrected chi connectivity index (χ3v) is 3.55. The van der Waals surface area contributed by atoms with E-state index < -0.39 is 0 Å². The average molecular weight is 296 g/mol. The van der Waals surface area contributed by atoms with E-state index in [-0.39, 0.29) is 10.8 Å². The van der Waals surface area contributed by atoms with Crippen molar-refractivity contribution in [2.45, 2.75) is 39.9 Å². The van der Waals surface area contributed by atoms with Crippen molar-refractivity contribution >= 4 is 11.6 Å². The summed E-state index contributed by atoms with van der Waals surface area (Å²) in [7, 11) is 0. The highest BCUT2D eigenvalue weighted by atomic mass is 35.5. The van der Waals surface area contributed by atoms with E-state index in [2.05, 4.69) is 24.3 Å². The average Bonchev–Trinajstić information content (AvgIpc) is 2.74. The molecule has 1 aromatic heterocycles. The third-order valence-electron chi connectivity index (χ3n) is 3.26. The van der Waals surface area contributed by atoms with Gasteiger partial charge in [-0.25, -0.2) is 4.39 Å². The first-order valence-corrected chi connectivity index (χ1v) is 7.04. The molecule has 0 fully saturated rings. The van der Waals surface area contributed by atoms with Gasteiger partial charge in [-0.15, -0.1) is 0 Å². The van der Waals surface area contributed by atoms with E-state index in [1.807, 2.05) is 13.1 Å². The van der Waals surface area contributed by atoms with Gasteiger partial charge < -0.3 is 5.32 Å². The van der Waals surface area contributed by atoms with Crippen molar-refractivity contribution in [3.8, 4) is 0 Å². The van der Waals surface area contributed by atoms with Gasteiger partial charge in [0.2, 0.25) is 0 Å². The number of nitrogens with zero attached hydrogens (tertiary/aromatic N) is 2. The molecule has 0 amide bonds. The van der Waals surface area contributed by atoms with Crippen LogP contribution in [0.1, 0.15) is 30.7 Å². The van der Waals surface area contributed by atoms with E-state index in [0.717, 1.165) is 17.8 Å². The predicted octanol–water partition coefficient (Wildman–Crippen LogP) is 3.53. The van der Waals surface area contributed by atoms with Gasteiger partial charge in [-0.3, -0.25) is 4.68 Å². The Hall–Kier alpha value is -1.39. The molecule has 2 aromatic rings. The largest absolute Gasteiger partial charge is 0.310 e. The summed E-state index contributed by atoms with van der Waals surface area (Å²) in [4.78, 5) is 0. The molecule has 0 unspecified atom stereocenters. The summed E-state index contributed by atoms with van der Waals surface area (Å²) in [5.74, 6) is -0.370. The summed E-state index contributed by atoms with van der Waals surface area (Å²) < 4.78 is 15.7. The molecule has 3 nitrogen and oxygen atoms in total. The Morgan fingerprint density at radius 1 is 1.35 bits per heavy atom. The number of halogens is 2. The zero-order valence-electron chi connectivity index (χ0n) is 12.0. The smallest absolute Gasteiger partial charge is 0.146 e. The van der Waals surface area contributed by atoms with E-state index >= 15 is 0 Å². The Morgan fingerprint density at radius 3 is 2.80 bits per heavy atom. The van der Waals surface area contributed by atoms with Crippen LogP contribution in [0.3, 0.4) is 0 Å². The van der Waals surface area contributed by atoms with Crippen LogP contribution in [0.2, 0.25) is 5.02 Å². The van der Waals surface area contributed by atoms with Crippen molar-refractivity contribution in [3.05, 3.63) is 52.1 Å². The van der Waals surface area contributed by atoms with Crippen molar-refractivity contribution in [1.82, 2.24) is 15.1 Å². The minimum absolute atomic E-state index is 0.147. The maximum Gasteiger partial charge on any atom is 0.146 e. The topological polar surface area (TPSA) is 29.9 Å². The van der Waals surface area contributed by atoms with Crippen LogP contribution in [0.5, 0.6) is 0 Å². The molecule has 0 saturated carbocycles. The van der Waals surface area contributed by atoms with Crippen LogP contribution in [0.4, 0.5) is 4.39 Å². The minimum atomic E-state index is -0.370. The van der Waals surface area contributed by atoms with E-state index in [1.54, 1.807) is 22.9 Å². The van der Waals surface area contributed by atoms with Crippen LogP contribution in [0.15, 0.2) is 24.4 Å². The first-order chi connectivity index (χ1) is 9.49. The van der Waals surface area contributed by atoms with Crippen molar-refractivity contribution < 1.29 is 4.39 Å². The molecule has 0 aliphatic heterocycles. The first-order valence-electron chi connectivity index (χ1n) is 6.66. The van der Waals surface area contributed by atoms with Crippen LogP contribution in [0, 0.1) is 12.7 Å². The minimum Gasteiger partial charge on any atom is -0.310 e. The maximum atomic E-state index is 13.9. The molecule has 1 N–H and O–H groups in total. The lowest BCUT2D eigenvalue weighted by Crippen LogP contribution is -2.22. The number of benzene rings is 1. The second-order valence-corrected chi connectivity index (χ2v) is 5.57. The van der Waals surface area contributed by atoms with Crippen molar-refractivity contribution in [1.29, 1.82) is 0 Å². The molecule has 1 heterocycles. The van der Waals surface area contributed by atoms with Gasteiger partial charge in [-0.1, -0.05) is 37.6 Å². The number of nitrogens with one attached hydrogen (secondary N) is 1. The molecule has 0 saturated heterocycles. The van der Waals surface area contributed by atoms with Gasteiger partial charge in [-0.2, -0.15) is 5.10 Å². The SMILES string of the molecule is Cc1c(CNC(C)C)cnn1Cc1cccc(Cl)c1F. The zero-order chi connectivity index (χ0) is 14.7. The Bertz CT molecular complexity index is 593. The molecule has 0 spiro atoms. The van der Waals surface area contributed by atoms with Crippen molar-refractivity contribution in [2.75, 3.05) is 0 Å². The standard InChI is InChI=1S/C15H19ClFN3/c1-10(2)18-7-13-8-19-20(11(13)3)9-12-5-4-6-14(16)15(12)17/h4-6,8,10,18H,7,9H2,1-3H3.